The van der Waals surface area contributed by atoms with Crippen LogP contribution in [-0.2, 0) is 4.79 Å². The summed E-state index contributed by atoms with van der Waals surface area (Å²) in [5.74, 6) is -0.0690. The molecule has 0 spiro atoms. The number of amides is 1. The van der Waals surface area contributed by atoms with Gasteiger partial charge >= 0.3 is 0 Å². The first-order valence-electron chi connectivity index (χ1n) is 8.54. The maximum atomic E-state index is 12.1. The van der Waals surface area contributed by atoms with Crippen molar-refractivity contribution in [3.63, 3.8) is 0 Å². The van der Waals surface area contributed by atoms with Crippen molar-refractivity contribution in [2.45, 2.75) is 34.1 Å². The molecule has 2 aromatic carbocycles. The van der Waals surface area contributed by atoms with Crippen LogP contribution in [-0.4, -0.2) is 12.5 Å². The molecular formula is C22H24N2O. The van der Waals surface area contributed by atoms with E-state index < -0.39 is 0 Å². The molecule has 0 aliphatic carbocycles. The minimum absolute atomic E-state index is 0.0690. The Morgan fingerprint density at radius 3 is 2.48 bits per heavy atom. The van der Waals surface area contributed by atoms with Gasteiger partial charge in [0.15, 0.2) is 0 Å². The lowest BCUT2D eigenvalue weighted by molar-refractivity contribution is -0.117. The largest absolute Gasteiger partial charge is 0.352 e. The fourth-order valence-electron chi connectivity index (χ4n) is 2.66. The third-order valence-corrected chi connectivity index (χ3v) is 4.21. The summed E-state index contributed by atoms with van der Waals surface area (Å²) in [7, 11) is 0. The van der Waals surface area contributed by atoms with Crippen LogP contribution in [0.25, 0.3) is 17.2 Å². The molecule has 0 aliphatic rings. The van der Waals surface area contributed by atoms with Crippen LogP contribution in [0.2, 0.25) is 0 Å². The van der Waals surface area contributed by atoms with E-state index in [1.54, 1.807) is 6.92 Å². The maximum Gasteiger partial charge on any atom is 0.246 e. The fourth-order valence-corrected chi connectivity index (χ4v) is 2.66. The molecule has 0 fully saturated rings. The van der Waals surface area contributed by atoms with Crippen molar-refractivity contribution in [3.05, 3.63) is 64.2 Å². The second kappa shape index (κ2) is 8.30. The molecule has 0 unspecified atom stereocenters. The summed E-state index contributed by atoms with van der Waals surface area (Å²) >= 11 is 0. The van der Waals surface area contributed by atoms with Gasteiger partial charge in [-0.15, -0.1) is 0 Å². The number of nitrogens with zero attached hydrogens (tertiary/aromatic N) is 1. The van der Waals surface area contributed by atoms with Crippen molar-refractivity contribution in [2.75, 3.05) is 6.54 Å². The van der Waals surface area contributed by atoms with E-state index in [4.69, 9.17) is 0 Å². The third kappa shape index (κ3) is 4.58. The Kier molecular flexibility index (Phi) is 6.14. The molecule has 1 N–H and O–H groups in total. The van der Waals surface area contributed by atoms with Gasteiger partial charge in [0.25, 0.3) is 0 Å². The molecular weight excluding hydrogens is 308 g/mol. The number of benzene rings is 2. The average Bonchev–Trinajstić information content (AvgIpc) is 2.62. The zero-order valence-electron chi connectivity index (χ0n) is 15.3. The Hall–Kier alpha value is -2.86. The second-order valence-electron chi connectivity index (χ2n) is 6.30. The Morgan fingerprint density at radius 2 is 1.88 bits per heavy atom. The van der Waals surface area contributed by atoms with E-state index in [1.807, 2.05) is 32.1 Å². The molecule has 0 saturated heterocycles. The van der Waals surface area contributed by atoms with Gasteiger partial charge in [-0.25, -0.2) is 0 Å². The number of hydrogen-bond acceptors (Lipinski definition) is 2. The van der Waals surface area contributed by atoms with Gasteiger partial charge in [-0.2, -0.15) is 5.26 Å². The van der Waals surface area contributed by atoms with E-state index in [9.17, 15) is 10.1 Å². The minimum atomic E-state index is -0.0690. The normalized spacial score (nSPS) is 11.1. The van der Waals surface area contributed by atoms with E-state index in [1.165, 1.54) is 5.56 Å². The zero-order valence-corrected chi connectivity index (χ0v) is 15.3. The lowest BCUT2D eigenvalue weighted by Gasteiger charge is -2.12. The molecule has 0 heterocycles. The lowest BCUT2D eigenvalue weighted by atomic mass is 9.92. The Morgan fingerprint density at radius 1 is 1.20 bits per heavy atom. The number of nitrogens with one attached hydrogen (secondary N) is 1. The summed E-state index contributed by atoms with van der Waals surface area (Å²) in [5, 5.41) is 12.3. The predicted molar refractivity (Wildman–Crippen MR) is 103 cm³/mol. The highest BCUT2D eigenvalue weighted by atomic mass is 16.1. The van der Waals surface area contributed by atoms with Crippen LogP contribution in [0.15, 0.2) is 42.0 Å². The first-order chi connectivity index (χ1) is 12.0. The second-order valence-corrected chi connectivity index (χ2v) is 6.30. The van der Waals surface area contributed by atoms with Crippen LogP contribution in [0.5, 0.6) is 0 Å². The van der Waals surface area contributed by atoms with Gasteiger partial charge in [0.05, 0.1) is 11.6 Å². The van der Waals surface area contributed by atoms with Crippen LogP contribution in [0, 0.1) is 25.2 Å². The molecule has 3 heteroatoms. The maximum absolute atomic E-state index is 12.1. The summed E-state index contributed by atoms with van der Waals surface area (Å²) in [6.45, 7) is 8.56. The number of carbonyl (C=O) groups is 1. The average molecular weight is 332 g/mol. The summed E-state index contributed by atoms with van der Waals surface area (Å²) in [6.07, 6.45) is 2.76. The van der Waals surface area contributed by atoms with Gasteiger partial charge in [-0.05, 0) is 67.7 Å². The highest BCUT2D eigenvalue weighted by Crippen LogP contribution is 2.29. The van der Waals surface area contributed by atoms with Crippen molar-refractivity contribution >= 4 is 12.0 Å². The van der Waals surface area contributed by atoms with Crippen LogP contribution in [0.3, 0.4) is 0 Å². The topological polar surface area (TPSA) is 52.9 Å². The van der Waals surface area contributed by atoms with Crippen LogP contribution < -0.4 is 5.32 Å². The van der Waals surface area contributed by atoms with Gasteiger partial charge < -0.3 is 5.32 Å². The molecule has 2 rings (SSSR count). The predicted octanol–water partition coefficient (Wildman–Crippen LogP) is 4.77. The first-order valence-corrected chi connectivity index (χ1v) is 8.54. The van der Waals surface area contributed by atoms with E-state index >= 15 is 0 Å². The van der Waals surface area contributed by atoms with Crippen molar-refractivity contribution in [2.24, 2.45) is 0 Å². The molecule has 0 aromatic heterocycles. The third-order valence-electron chi connectivity index (χ3n) is 4.21. The molecule has 3 nitrogen and oxygen atoms in total. The fraction of sp³-hybridized carbons (Fsp3) is 0.273. The van der Waals surface area contributed by atoms with E-state index in [-0.39, 0.29) is 5.91 Å². The van der Waals surface area contributed by atoms with Gasteiger partial charge in [0.1, 0.15) is 0 Å². The molecule has 128 valence electrons. The molecule has 2 aromatic rings. The number of nitriles is 1. The standard InChI is InChI=1S/C22H24N2O/c1-5-10-24-22(25)16(3)11-20-12-18(14-23)13-21(17(20)4)19-8-6-15(2)7-9-19/h6-9,11-13H,5,10H2,1-4H3,(H,24,25)/b16-11+. The highest BCUT2D eigenvalue weighted by molar-refractivity contribution is 5.97. The smallest absolute Gasteiger partial charge is 0.246 e. The monoisotopic (exact) mass is 332 g/mol. The van der Waals surface area contributed by atoms with Crippen LogP contribution >= 0.6 is 0 Å². The Labute approximate surface area is 150 Å². The van der Waals surface area contributed by atoms with Gasteiger partial charge in [0.2, 0.25) is 5.91 Å². The highest BCUT2D eigenvalue weighted by Gasteiger charge is 2.10. The Bertz CT molecular complexity index is 840. The van der Waals surface area contributed by atoms with Crippen molar-refractivity contribution in [1.29, 1.82) is 5.26 Å². The number of aryl methyl sites for hydroxylation is 1. The lowest BCUT2D eigenvalue weighted by Crippen LogP contribution is -2.24. The van der Waals surface area contributed by atoms with Crippen molar-refractivity contribution < 1.29 is 4.79 Å². The van der Waals surface area contributed by atoms with Gasteiger partial charge in [-0.3, -0.25) is 4.79 Å². The van der Waals surface area contributed by atoms with E-state index in [0.29, 0.717) is 17.7 Å². The Balaban J connectivity index is 2.49. The molecule has 25 heavy (non-hydrogen) atoms. The van der Waals surface area contributed by atoms with Gasteiger partial charge in [0, 0.05) is 12.1 Å². The first kappa shape index (κ1) is 18.5. The molecule has 1 amide bonds. The van der Waals surface area contributed by atoms with Gasteiger partial charge in [-0.1, -0.05) is 36.8 Å². The summed E-state index contributed by atoms with van der Waals surface area (Å²) in [4.78, 5) is 12.1. The quantitative estimate of drug-likeness (QED) is 0.802. The summed E-state index contributed by atoms with van der Waals surface area (Å²) in [5.41, 5.74) is 6.48. The number of hydrogen-bond donors (Lipinski definition) is 1. The SMILES string of the molecule is CCCNC(=O)/C(C)=C/c1cc(C#N)cc(-c2ccc(C)cc2)c1C. The van der Waals surface area contributed by atoms with E-state index in [2.05, 4.69) is 42.6 Å². The minimum Gasteiger partial charge on any atom is -0.352 e. The van der Waals surface area contributed by atoms with Crippen LogP contribution in [0.4, 0.5) is 0 Å². The molecule has 0 saturated carbocycles. The molecule has 0 atom stereocenters. The van der Waals surface area contributed by atoms with Crippen molar-refractivity contribution in [3.8, 4) is 17.2 Å². The molecule has 0 bridgehead atoms. The summed E-state index contributed by atoms with van der Waals surface area (Å²) < 4.78 is 0. The molecule has 0 radical (unpaired) electrons. The van der Waals surface area contributed by atoms with E-state index in [0.717, 1.165) is 28.7 Å². The van der Waals surface area contributed by atoms with Crippen molar-refractivity contribution in [1.82, 2.24) is 5.32 Å². The number of carbonyl (C=O) groups excluding carboxylic acids is 1. The zero-order chi connectivity index (χ0) is 18.4. The summed E-state index contributed by atoms with van der Waals surface area (Å²) in [6, 6.07) is 14.2. The number of rotatable bonds is 5. The van der Waals surface area contributed by atoms with Crippen LogP contribution in [0.1, 0.15) is 42.5 Å². The molecule has 0 aliphatic heterocycles.